The number of aromatic hydroxyl groups is 2. The number of aliphatic hydroxyl groups excluding tert-OH is 4. The van der Waals surface area contributed by atoms with E-state index in [1.165, 1.54) is 60.7 Å². The molecule has 0 fully saturated rings. The summed E-state index contributed by atoms with van der Waals surface area (Å²) in [4.78, 5) is 75.4. The molecule has 4 bridgehead atoms. The Hall–Kier alpha value is -6.87. The van der Waals surface area contributed by atoms with Gasteiger partial charge < -0.3 is 91.2 Å². The molecule has 0 radical (unpaired) electrons. The van der Waals surface area contributed by atoms with E-state index in [0.717, 1.165) is 6.08 Å². The molecular weight excluding hydrogens is 1170 g/mol. The number of nitrogens with one attached hydrogen (secondary N) is 3. The minimum absolute atomic E-state index is 0. The molecule has 0 saturated heterocycles. The number of benzene rings is 1. The molecule has 2 aliphatic heterocycles. The van der Waals surface area contributed by atoms with Gasteiger partial charge in [0.1, 0.15) is 23.7 Å². The van der Waals surface area contributed by atoms with E-state index in [-0.39, 0.29) is 123 Å². The smallest absolute Gasteiger partial charge is 0.405 e. The molecule has 13 atom stereocenters. The number of phenols is 2. The molecule has 0 aromatic heterocycles. The number of ketones is 2. The van der Waals surface area contributed by atoms with Crippen LogP contribution >= 0.6 is 12.4 Å². The lowest BCUT2D eigenvalue weighted by Gasteiger charge is -2.29. The molecule has 498 valence electrons. The van der Waals surface area contributed by atoms with Crippen molar-refractivity contribution in [3.63, 3.8) is 0 Å². The van der Waals surface area contributed by atoms with Crippen molar-refractivity contribution >= 4 is 59.3 Å². The number of allylic oxidation sites excluding steroid dienone is 6. The van der Waals surface area contributed by atoms with E-state index >= 15 is 0 Å². The van der Waals surface area contributed by atoms with E-state index in [2.05, 4.69) is 16.0 Å². The average molecular weight is 1270 g/mol. The number of halogens is 1. The minimum atomic E-state index is -1.12. The first kappa shape index (κ1) is 83.2. The number of carbonyl (C=O) groups is 6. The summed E-state index contributed by atoms with van der Waals surface area (Å²) in [5.74, 6) is -4.23. The zero-order valence-electron chi connectivity index (χ0n) is 50.6. The second-order valence-electron chi connectivity index (χ2n) is 21.3. The number of anilines is 2. The van der Waals surface area contributed by atoms with E-state index in [1.54, 1.807) is 71.1 Å². The van der Waals surface area contributed by atoms with Crippen LogP contribution < -0.4 is 27.4 Å². The number of nitrogens with two attached hydrogens (primary N) is 2. The number of aliphatic hydroxyl groups is 4. The zero-order valence-corrected chi connectivity index (χ0v) is 51.4. The number of hydrogen-bond acceptors (Lipinski definition) is 20. The summed E-state index contributed by atoms with van der Waals surface area (Å²) in [5, 5.41) is 71.7. The molecule has 0 saturated carbocycles. The number of primary amides is 2. The van der Waals surface area contributed by atoms with Gasteiger partial charge in [-0.15, -0.1) is 12.4 Å². The Morgan fingerprint density at radius 1 is 0.705 bits per heavy atom. The Kier molecular flexibility index (Phi) is 37.7. The van der Waals surface area contributed by atoms with E-state index in [1.807, 2.05) is 13.8 Å². The fraction of sp³-hybridized carbons (Fsp3) is 0.556. The van der Waals surface area contributed by atoms with Crippen molar-refractivity contribution < 1.29 is 92.6 Å². The first-order chi connectivity index (χ1) is 39.6. The third kappa shape index (κ3) is 23.9. The van der Waals surface area contributed by atoms with Gasteiger partial charge in [-0.3, -0.25) is 19.2 Å². The Labute approximate surface area is 525 Å². The quantitative estimate of drug-likeness (QED) is 0.0457. The number of methoxy groups -OCH3 is 5. The van der Waals surface area contributed by atoms with Gasteiger partial charge in [-0.1, -0.05) is 98.6 Å². The van der Waals surface area contributed by atoms with Crippen molar-refractivity contribution in [2.75, 3.05) is 59.3 Å². The number of Topliss-reactive ketones (excluding diaryl/α,β-unsaturated/α-hetero) is 1. The highest BCUT2D eigenvalue weighted by atomic mass is 35.5. The van der Waals surface area contributed by atoms with Crippen LogP contribution in [0.15, 0.2) is 100 Å². The van der Waals surface area contributed by atoms with Gasteiger partial charge in [0.25, 0.3) is 11.8 Å². The van der Waals surface area contributed by atoms with Crippen LogP contribution in [0.25, 0.3) is 0 Å². The maximum atomic E-state index is 13.3. The molecule has 4 amide bonds. The van der Waals surface area contributed by atoms with E-state index in [4.69, 9.17) is 44.6 Å². The van der Waals surface area contributed by atoms with Crippen LogP contribution in [0.5, 0.6) is 11.5 Å². The van der Waals surface area contributed by atoms with Crippen molar-refractivity contribution in [2.24, 2.45) is 35.1 Å². The summed E-state index contributed by atoms with van der Waals surface area (Å²) in [6.07, 6.45) is 5.01. The van der Waals surface area contributed by atoms with Crippen molar-refractivity contribution in [2.45, 2.75) is 158 Å². The Bertz CT molecular complexity index is 2750. The van der Waals surface area contributed by atoms with Gasteiger partial charge in [0.15, 0.2) is 18.0 Å². The molecule has 1 aromatic rings. The fourth-order valence-electron chi connectivity index (χ4n) is 9.87. The first-order valence-corrected chi connectivity index (χ1v) is 27.3. The predicted molar refractivity (Wildman–Crippen MR) is 339 cm³/mol. The molecule has 0 spiro atoms. The lowest BCUT2D eigenvalue weighted by molar-refractivity contribution is -0.120. The van der Waals surface area contributed by atoms with Crippen LogP contribution in [-0.4, -0.2) is 170 Å². The number of amides is 4. The predicted octanol–water partition coefficient (Wildman–Crippen LogP) is 7.06. The highest BCUT2D eigenvalue weighted by Gasteiger charge is 2.35. The van der Waals surface area contributed by atoms with E-state index in [0.29, 0.717) is 24.0 Å². The lowest BCUT2D eigenvalue weighted by atomic mass is 9.85. The van der Waals surface area contributed by atoms with Gasteiger partial charge >= 0.3 is 12.2 Å². The second-order valence-corrected chi connectivity index (χ2v) is 21.3. The summed E-state index contributed by atoms with van der Waals surface area (Å²) < 4.78 is 38.3. The number of fused-ring (bicyclic) bond motifs is 4. The monoisotopic (exact) mass is 1270 g/mol. The maximum Gasteiger partial charge on any atom is 0.405 e. The summed E-state index contributed by atoms with van der Waals surface area (Å²) in [5.41, 5.74) is 12.6. The Morgan fingerprint density at radius 3 is 1.56 bits per heavy atom. The number of phenolic OH excluding ortho intramolecular Hbond substituents is 2. The summed E-state index contributed by atoms with van der Waals surface area (Å²) in [7, 11) is 7.11. The van der Waals surface area contributed by atoms with Gasteiger partial charge in [0.2, 0.25) is 11.6 Å². The zero-order chi connectivity index (χ0) is 63.3. The Balaban J connectivity index is 0. The fourth-order valence-corrected chi connectivity index (χ4v) is 9.87. The maximum absolute atomic E-state index is 13.3. The van der Waals surface area contributed by atoms with Gasteiger partial charge in [-0.25, -0.2) is 9.59 Å². The molecule has 3 aliphatic rings. The molecular formula is C63H100ClN5O19. The van der Waals surface area contributed by atoms with E-state index in [9.17, 15) is 59.4 Å². The molecule has 1 aromatic carbocycles. The van der Waals surface area contributed by atoms with Crippen LogP contribution in [0.1, 0.15) is 102 Å². The molecule has 1 aliphatic carbocycles. The molecule has 2 heterocycles. The number of ether oxygens (including phenoxy) is 7. The third-order valence-corrected chi connectivity index (χ3v) is 14.5. The van der Waals surface area contributed by atoms with E-state index < -0.39 is 109 Å². The van der Waals surface area contributed by atoms with Crippen LogP contribution in [-0.2, 0) is 58.8 Å². The Morgan fingerprint density at radius 2 is 1.15 bits per heavy atom. The van der Waals surface area contributed by atoms with Gasteiger partial charge in [-0.2, -0.15) is 0 Å². The molecule has 24 nitrogen and oxygen atoms in total. The highest BCUT2D eigenvalue weighted by molar-refractivity contribution is 6.23. The van der Waals surface area contributed by atoms with Crippen LogP contribution in [0.4, 0.5) is 21.0 Å². The summed E-state index contributed by atoms with van der Waals surface area (Å²) >= 11 is 0. The molecule has 25 heteroatoms. The standard InChI is InChI=1S/C31H47N3O10.C29H40N2O9.3CH4.ClH/c1-16-10-21-26(33-14-20(36)15-35)23(37)13-22(28(21)39)34-30(40)17(2)8-7-9-24(42-5)29(44-31(32)41)19(4)12-18(3)27(38)25(11-16)43-6;1-15-11-19-25(34)20(14-21(32)27(19)39-7)31-28(35)16(2)9-8-10-22(37-5)26(40-29(30)36)18(4)13-17(3)24(33)23(12-15)38-6;;;;/h7-9,12-13,16,18,20,24-25,27,29,33,35-39H,10-11,14-15H2,1-6H3,(H2,32,41)(H,34,40);8-10,13-15,17,22-24,26,33H,11-12H2,1-7H3,(H2,30,36)(H,31,35);3*1H4;1H/b9-7-,17-8+,19-12+;10-8-,16-9+,18-13+;;;;/t16-,18+,20?,24+,25+,27-,29+;15-,17+,22+,23+,24-,26+;;;;/m11..../s1. The average Bonchev–Trinajstić information content (AvgIpc) is 2.27. The van der Waals surface area contributed by atoms with Crippen molar-refractivity contribution in [3.05, 3.63) is 106 Å². The summed E-state index contributed by atoms with van der Waals surface area (Å²) in [6, 6.07) is 1.19. The van der Waals surface area contributed by atoms with Gasteiger partial charge in [0, 0.05) is 81.2 Å². The first-order valence-electron chi connectivity index (χ1n) is 27.3. The van der Waals surface area contributed by atoms with Crippen molar-refractivity contribution in [1.29, 1.82) is 0 Å². The molecule has 4 rings (SSSR count). The van der Waals surface area contributed by atoms with Gasteiger partial charge in [0.05, 0.1) is 61.3 Å². The molecule has 88 heavy (non-hydrogen) atoms. The molecule has 13 N–H and O–H groups in total. The third-order valence-electron chi connectivity index (χ3n) is 14.5. The lowest BCUT2D eigenvalue weighted by Crippen LogP contribution is -2.37. The second kappa shape index (κ2) is 39.9. The topological polar surface area (TPSA) is 377 Å². The van der Waals surface area contributed by atoms with Crippen LogP contribution in [0, 0.1) is 23.7 Å². The number of hydrogen-bond donors (Lipinski definition) is 11. The van der Waals surface area contributed by atoms with Gasteiger partial charge in [-0.05, 0) is 76.4 Å². The van der Waals surface area contributed by atoms with Crippen molar-refractivity contribution in [1.82, 2.24) is 5.32 Å². The normalized spacial score (nSPS) is 29.5. The van der Waals surface area contributed by atoms with Crippen LogP contribution in [0.3, 0.4) is 0 Å². The minimum Gasteiger partial charge on any atom is -0.506 e. The van der Waals surface area contributed by atoms with Crippen molar-refractivity contribution in [3.8, 4) is 11.5 Å². The number of rotatable bonds is 11. The molecule has 1 unspecified atom stereocenters. The SMILES string of the molecule is C.C.C.COC1=C2C[C@@H](C)C[C@H](OC)[C@H](O)[C@@H](C)/C=C(\C)[C@H](OC(N)=O)[C@@H](OC)/C=C\C=C(/C)C(=O)NC(=CC1=O)C2=O.CO[C@H]1/C=C\C=C(/C)C(=O)Nc2cc(O)c(NCC(O)CO)c(c2O)C[C@@H](C)C[C@H](OC)[C@H](O)[C@@H](C)/C=C(\C)[C@@H]1OC(N)=O.Cl. The number of carbonyl (C=O) groups excluding carboxylic acids is 6. The highest BCUT2D eigenvalue weighted by Crippen LogP contribution is 2.43. The largest absolute Gasteiger partial charge is 0.506 e. The van der Waals surface area contributed by atoms with Crippen LogP contribution in [0.2, 0.25) is 0 Å². The summed E-state index contributed by atoms with van der Waals surface area (Å²) in [6.45, 7) is 13.2.